The van der Waals surface area contributed by atoms with Crippen molar-refractivity contribution in [3.8, 4) is 22.4 Å². The molecule has 0 atom stereocenters. The SMILES string of the molecule is NC=C(C(=Nc1cccc(F)c1)C(F)(F)F)c1onc(-c2c(F)cccc2Cl)c1-c1ccoc1. The minimum Gasteiger partial charge on any atom is -0.472 e. The average Bonchev–Trinajstić information content (AvgIpc) is 3.43. The van der Waals surface area contributed by atoms with Crippen LogP contribution in [0.15, 0.2) is 81.2 Å². The van der Waals surface area contributed by atoms with E-state index in [0.29, 0.717) is 6.20 Å². The summed E-state index contributed by atoms with van der Waals surface area (Å²) in [7, 11) is 0. The normalized spacial score (nSPS) is 12.9. The second-order valence-corrected chi connectivity index (χ2v) is 7.27. The molecule has 2 aromatic carbocycles. The molecular formula is C23H13ClF5N3O2. The van der Waals surface area contributed by atoms with E-state index in [0.717, 1.165) is 18.2 Å². The summed E-state index contributed by atoms with van der Waals surface area (Å²) < 4.78 is 80.8. The molecule has 4 rings (SSSR count). The predicted octanol–water partition coefficient (Wildman–Crippen LogP) is 7.17. The van der Waals surface area contributed by atoms with Crippen LogP contribution in [0.5, 0.6) is 0 Å². The number of rotatable bonds is 5. The van der Waals surface area contributed by atoms with Crippen LogP contribution < -0.4 is 5.73 Å². The molecule has 0 aliphatic carbocycles. The number of benzene rings is 2. The number of aromatic nitrogens is 1. The predicted molar refractivity (Wildman–Crippen MR) is 116 cm³/mol. The van der Waals surface area contributed by atoms with E-state index in [1.54, 1.807) is 0 Å². The number of hydrogen-bond donors (Lipinski definition) is 1. The van der Waals surface area contributed by atoms with Gasteiger partial charge in [0.15, 0.2) is 11.5 Å². The molecule has 0 fully saturated rings. The molecule has 11 heteroatoms. The standard InChI is InChI=1S/C23H13ClF5N3O2/c24-16-5-2-6-17(26)19(16)20-18(12-7-8-33-11-12)21(34-32-20)15(10-30)22(23(27,28)29)31-14-4-1-3-13(25)9-14/h1-11H,30H2. The molecule has 0 amide bonds. The van der Waals surface area contributed by atoms with Crippen LogP contribution in [0.1, 0.15) is 5.76 Å². The zero-order valence-electron chi connectivity index (χ0n) is 16.9. The number of furan rings is 1. The summed E-state index contributed by atoms with van der Waals surface area (Å²) in [6.07, 6.45) is -1.94. The highest BCUT2D eigenvalue weighted by molar-refractivity contribution is 6.33. The summed E-state index contributed by atoms with van der Waals surface area (Å²) in [5, 5.41) is 3.75. The van der Waals surface area contributed by atoms with Gasteiger partial charge >= 0.3 is 6.18 Å². The largest absolute Gasteiger partial charge is 0.472 e. The number of aliphatic imine (C=N–C) groups is 1. The first-order chi connectivity index (χ1) is 16.2. The van der Waals surface area contributed by atoms with Gasteiger partial charge in [-0.25, -0.2) is 13.8 Å². The molecule has 174 valence electrons. The van der Waals surface area contributed by atoms with E-state index in [-0.39, 0.29) is 33.1 Å². The van der Waals surface area contributed by atoms with Crippen LogP contribution in [-0.4, -0.2) is 17.0 Å². The van der Waals surface area contributed by atoms with Crippen molar-refractivity contribution in [2.24, 2.45) is 10.7 Å². The summed E-state index contributed by atoms with van der Waals surface area (Å²) in [5.41, 5.74) is 2.88. The topological polar surface area (TPSA) is 77.5 Å². The molecule has 4 aromatic rings. The van der Waals surface area contributed by atoms with Gasteiger partial charge in [-0.05, 0) is 36.4 Å². The van der Waals surface area contributed by atoms with Gasteiger partial charge < -0.3 is 14.7 Å². The molecular weight excluding hydrogens is 481 g/mol. The van der Waals surface area contributed by atoms with Crippen LogP contribution in [0.3, 0.4) is 0 Å². The Kier molecular flexibility index (Phi) is 6.25. The first-order valence-corrected chi connectivity index (χ1v) is 9.89. The lowest BCUT2D eigenvalue weighted by atomic mass is 9.96. The van der Waals surface area contributed by atoms with Crippen LogP contribution in [0.2, 0.25) is 5.02 Å². The van der Waals surface area contributed by atoms with Gasteiger partial charge in [0.05, 0.1) is 39.9 Å². The van der Waals surface area contributed by atoms with Crippen LogP contribution in [0.4, 0.5) is 27.6 Å². The molecule has 0 unspecified atom stereocenters. The van der Waals surface area contributed by atoms with Gasteiger partial charge in [0.1, 0.15) is 17.3 Å². The maximum absolute atomic E-state index is 14.7. The summed E-state index contributed by atoms with van der Waals surface area (Å²) in [5.74, 6) is -2.03. The number of alkyl halides is 3. The van der Waals surface area contributed by atoms with Gasteiger partial charge in [0.2, 0.25) is 0 Å². The second kappa shape index (κ2) is 9.14. The molecule has 34 heavy (non-hydrogen) atoms. The Hall–Kier alpha value is -3.92. The van der Waals surface area contributed by atoms with E-state index in [9.17, 15) is 22.0 Å². The lowest BCUT2D eigenvalue weighted by Gasteiger charge is -2.13. The van der Waals surface area contributed by atoms with E-state index in [1.807, 2.05) is 0 Å². The number of nitrogens with zero attached hydrogens (tertiary/aromatic N) is 2. The van der Waals surface area contributed by atoms with Gasteiger partial charge in [0, 0.05) is 11.8 Å². The molecule has 0 radical (unpaired) electrons. The van der Waals surface area contributed by atoms with Crippen LogP contribution in [0.25, 0.3) is 28.0 Å². The maximum atomic E-state index is 14.7. The smallest absolute Gasteiger partial charge is 0.434 e. The lowest BCUT2D eigenvalue weighted by molar-refractivity contribution is -0.0571. The highest BCUT2D eigenvalue weighted by atomic mass is 35.5. The van der Waals surface area contributed by atoms with Crippen molar-refractivity contribution >= 4 is 28.6 Å². The Bertz CT molecular complexity index is 1370. The van der Waals surface area contributed by atoms with E-state index < -0.39 is 34.9 Å². The summed E-state index contributed by atoms with van der Waals surface area (Å²) in [4.78, 5) is 3.57. The van der Waals surface area contributed by atoms with E-state index >= 15 is 0 Å². The number of nitrogens with two attached hydrogens (primary N) is 1. The first kappa shape index (κ1) is 23.2. The highest BCUT2D eigenvalue weighted by Crippen LogP contribution is 2.43. The fraction of sp³-hybridized carbons (Fsp3) is 0.0435. The van der Waals surface area contributed by atoms with Gasteiger partial charge in [-0.3, -0.25) is 0 Å². The van der Waals surface area contributed by atoms with Crippen molar-refractivity contribution in [1.82, 2.24) is 5.16 Å². The van der Waals surface area contributed by atoms with Crippen LogP contribution >= 0.6 is 11.6 Å². The van der Waals surface area contributed by atoms with Crippen molar-refractivity contribution in [3.63, 3.8) is 0 Å². The summed E-state index contributed by atoms with van der Waals surface area (Å²) in [6.45, 7) is 0. The Labute approximate surface area is 193 Å². The highest BCUT2D eigenvalue weighted by Gasteiger charge is 2.41. The van der Waals surface area contributed by atoms with Crippen molar-refractivity contribution in [2.75, 3.05) is 0 Å². The number of halogens is 6. The molecule has 0 spiro atoms. The third kappa shape index (κ3) is 4.44. The zero-order chi connectivity index (χ0) is 24.5. The quantitative estimate of drug-likeness (QED) is 0.236. The molecule has 2 N–H and O–H groups in total. The lowest BCUT2D eigenvalue weighted by Crippen LogP contribution is -2.25. The Balaban J connectivity index is 1.98. The number of allylic oxidation sites excluding steroid dienone is 1. The van der Waals surface area contributed by atoms with Crippen molar-refractivity contribution in [3.05, 3.63) is 89.7 Å². The fourth-order valence-electron chi connectivity index (χ4n) is 3.26. The van der Waals surface area contributed by atoms with Gasteiger partial charge in [0.25, 0.3) is 0 Å². The molecule has 0 aliphatic rings. The zero-order valence-corrected chi connectivity index (χ0v) is 17.7. The Morgan fingerprint density at radius 3 is 2.44 bits per heavy atom. The molecule has 0 aliphatic heterocycles. The van der Waals surface area contributed by atoms with E-state index in [1.165, 1.54) is 42.9 Å². The Morgan fingerprint density at radius 2 is 1.82 bits per heavy atom. The van der Waals surface area contributed by atoms with Crippen molar-refractivity contribution in [1.29, 1.82) is 0 Å². The van der Waals surface area contributed by atoms with Crippen molar-refractivity contribution < 1.29 is 30.9 Å². The second-order valence-electron chi connectivity index (χ2n) is 6.86. The first-order valence-electron chi connectivity index (χ1n) is 9.51. The maximum Gasteiger partial charge on any atom is 0.434 e. The third-order valence-corrected chi connectivity index (χ3v) is 5.00. The molecule has 0 saturated heterocycles. The van der Waals surface area contributed by atoms with Crippen LogP contribution in [0, 0.1) is 11.6 Å². The monoisotopic (exact) mass is 493 g/mol. The molecule has 2 aromatic heterocycles. The van der Waals surface area contributed by atoms with Gasteiger partial charge in [-0.15, -0.1) is 0 Å². The van der Waals surface area contributed by atoms with Gasteiger partial charge in [-0.2, -0.15) is 13.2 Å². The minimum atomic E-state index is -5.03. The molecule has 2 heterocycles. The number of hydrogen-bond acceptors (Lipinski definition) is 5. The van der Waals surface area contributed by atoms with E-state index in [2.05, 4.69) is 10.1 Å². The van der Waals surface area contributed by atoms with Crippen LogP contribution in [-0.2, 0) is 0 Å². The minimum absolute atomic E-state index is 0.0488. The molecule has 0 saturated carbocycles. The van der Waals surface area contributed by atoms with Crippen molar-refractivity contribution in [2.45, 2.75) is 6.18 Å². The fourth-order valence-corrected chi connectivity index (χ4v) is 3.51. The molecule has 5 nitrogen and oxygen atoms in total. The average molecular weight is 494 g/mol. The Morgan fingerprint density at radius 1 is 1.06 bits per heavy atom. The van der Waals surface area contributed by atoms with Gasteiger partial charge in [-0.1, -0.05) is 28.9 Å². The van der Waals surface area contributed by atoms with E-state index in [4.69, 9.17) is 26.3 Å². The third-order valence-electron chi connectivity index (χ3n) is 4.69. The summed E-state index contributed by atoms with van der Waals surface area (Å²) in [6, 6.07) is 9.55. The molecule has 0 bridgehead atoms. The summed E-state index contributed by atoms with van der Waals surface area (Å²) >= 11 is 6.15.